The van der Waals surface area contributed by atoms with Crippen LogP contribution in [0.2, 0.25) is 0 Å². The van der Waals surface area contributed by atoms with E-state index in [0.29, 0.717) is 17.0 Å². The first kappa shape index (κ1) is 19.3. The minimum Gasteiger partial charge on any atom is -0.348 e. The van der Waals surface area contributed by atoms with Crippen molar-refractivity contribution in [1.29, 1.82) is 0 Å². The van der Waals surface area contributed by atoms with Crippen molar-refractivity contribution in [3.8, 4) is 11.4 Å². The molecule has 0 radical (unpaired) electrons. The molecule has 4 heterocycles. The summed E-state index contributed by atoms with van der Waals surface area (Å²) in [5.74, 6) is -0.00827. The summed E-state index contributed by atoms with van der Waals surface area (Å²) in [5, 5.41) is 4.75. The Bertz CT molecular complexity index is 1160. The lowest BCUT2D eigenvalue weighted by molar-refractivity contribution is 0.585. The summed E-state index contributed by atoms with van der Waals surface area (Å²) in [6, 6.07) is 15.2. The fourth-order valence-corrected chi connectivity index (χ4v) is 3.84. The Balaban J connectivity index is 0.00000205. The number of hydrogen-bond donors (Lipinski definition) is 0. The van der Waals surface area contributed by atoms with Crippen LogP contribution in [-0.4, -0.2) is 26.1 Å². The van der Waals surface area contributed by atoms with Crippen LogP contribution >= 0.6 is 12.4 Å². The first-order valence-corrected chi connectivity index (χ1v) is 9.19. The number of halogens is 3. The molecule has 1 saturated heterocycles. The number of benzene rings is 1. The van der Waals surface area contributed by atoms with Crippen LogP contribution in [0.15, 0.2) is 60.8 Å². The molecule has 1 fully saturated rings. The summed E-state index contributed by atoms with van der Waals surface area (Å²) in [6.07, 6.45) is 3.58. The van der Waals surface area contributed by atoms with Crippen molar-refractivity contribution >= 4 is 23.9 Å². The van der Waals surface area contributed by atoms with Gasteiger partial charge in [-0.3, -0.25) is 0 Å². The molecule has 148 valence electrons. The van der Waals surface area contributed by atoms with Gasteiger partial charge in [0, 0.05) is 6.54 Å². The Labute approximate surface area is 172 Å². The third kappa shape index (κ3) is 3.53. The Kier molecular flexibility index (Phi) is 5.15. The second-order valence-corrected chi connectivity index (χ2v) is 6.86. The van der Waals surface area contributed by atoms with Crippen molar-refractivity contribution < 1.29 is 8.78 Å². The molecule has 0 amide bonds. The van der Waals surface area contributed by atoms with Crippen LogP contribution in [0.1, 0.15) is 24.4 Å². The number of pyridine rings is 1. The van der Waals surface area contributed by atoms with Crippen molar-refractivity contribution in [2.24, 2.45) is 0 Å². The van der Waals surface area contributed by atoms with E-state index in [1.165, 1.54) is 12.1 Å². The lowest BCUT2D eigenvalue weighted by Gasteiger charge is -2.26. The van der Waals surface area contributed by atoms with Gasteiger partial charge in [0.1, 0.15) is 17.3 Å². The molecular weight excluding hydrogens is 396 g/mol. The number of aromatic nitrogens is 4. The first-order chi connectivity index (χ1) is 13.7. The molecule has 0 N–H and O–H groups in total. The minimum atomic E-state index is -0.547. The topological polar surface area (TPSA) is 46.3 Å². The van der Waals surface area contributed by atoms with Crippen LogP contribution in [0.3, 0.4) is 0 Å². The monoisotopic (exact) mass is 413 g/mol. The summed E-state index contributed by atoms with van der Waals surface area (Å²) in [7, 11) is 0. The van der Waals surface area contributed by atoms with E-state index in [2.05, 4.69) is 14.9 Å². The maximum atomic E-state index is 13.7. The number of imidazole rings is 1. The number of nitrogens with zero attached hydrogens (tertiary/aromatic N) is 5. The molecule has 0 saturated carbocycles. The van der Waals surface area contributed by atoms with Crippen molar-refractivity contribution in [2.75, 3.05) is 11.4 Å². The summed E-state index contributed by atoms with van der Waals surface area (Å²) in [4.78, 5) is 10.5. The fourth-order valence-electron chi connectivity index (χ4n) is 3.84. The van der Waals surface area contributed by atoms with E-state index in [9.17, 15) is 8.78 Å². The number of rotatable bonds is 3. The van der Waals surface area contributed by atoms with Gasteiger partial charge in [0.2, 0.25) is 5.95 Å². The Hall–Kier alpha value is -3.06. The molecule has 1 aliphatic heterocycles. The lowest BCUT2D eigenvalue weighted by Crippen LogP contribution is -2.24. The van der Waals surface area contributed by atoms with Gasteiger partial charge in [-0.2, -0.15) is 4.39 Å². The van der Waals surface area contributed by atoms with Crippen LogP contribution in [0, 0.1) is 11.8 Å². The minimum absolute atomic E-state index is 0. The normalized spacial score (nSPS) is 16.2. The third-order valence-electron chi connectivity index (χ3n) is 5.11. The van der Waals surface area contributed by atoms with E-state index >= 15 is 0 Å². The fraction of sp³-hybridized carbons (Fsp3) is 0.190. The molecule has 0 bridgehead atoms. The summed E-state index contributed by atoms with van der Waals surface area (Å²) in [5.41, 5.74) is 2.70. The number of anilines is 1. The predicted octanol–water partition coefficient (Wildman–Crippen LogP) is 4.83. The number of fused-ring (bicyclic) bond motifs is 1. The van der Waals surface area contributed by atoms with Gasteiger partial charge in [0.05, 0.1) is 17.9 Å². The van der Waals surface area contributed by atoms with Gasteiger partial charge >= 0.3 is 0 Å². The summed E-state index contributed by atoms with van der Waals surface area (Å²) >= 11 is 0. The van der Waals surface area contributed by atoms with Gasteiger partial charge in [-0.15, -0.1) is 17.5 Å². The van der Waals surface area contributed by atoms with Gasteiger partial charge < -0.3 is 4.90 Å². The van der Waals surface area contributed by atoms with E-state index in [-0.39, 0.29) is 24.3 Å². The van der Waals surface area contributed by atoms with E-state index in [4.69, 9.17) is 5.10 Å². The molecule has 1 atom stereocenters. The van der Waals surface area contributed by atoms with E-state index < -0.39 is 5.95 Å². The average Bonchev–Trinajstić information content (AvgIpc) is 3.34. The molecule has 29 heavy (non-hydrogen) atoms. The second kappa shape index (κ2) is 7.75. The summed E-state index contributed by atoms with van der Waals surface area (Å²) < 4.78 is 28.9. The molecule has 4 aromatic rings. The lowest BCUT2D eigenvalue weighted by atomic mass is 10.0. The van der Waals surface area contributed by atoms with Crippen LogP contribution in [0.25, 0.3) is 17.0 Å². The number of hydrogen-bond acceptors (Lipinski definition) is 4. The van der Waals surface area contributed by atoms with E-state index in [0.717, 1.165) is 30.8 Å². The highest BCUT2D eigenvalue weighted by molar-refractivity contribution is 5.85. The van der Waals surface area contributed by atoms with Crippen LogP contribution < -0.4 is 4.90 Å². The van der Waals surface area contributed by atoms with E-state index in [1.54, 1.807) is 35.0 Å². The highest BCUT2D eigenvalue weighted by Gasteiger charge is 2.28. The van der Waals surface area contributed by atoms with Crippen LogP contribution in [0.5, 0.6) is 0 Å². The maximum absolute atomic E-state index is 13.7. The molecular formula is C21H18ClF2N5. The van der Waals surface area contributed by atoms with Gasteiger partial charge in [0.25, 0.3) is 0 Å². The molecule has 1 aliphatic rings. The molecule has 1 unspecified atom stereocenters. The smallest absolute Gasteiger partial charge is 0.213 e. The van der Waals surface area contributed by atoms with Crippen molar-refractivity contribution in [3.05, 3.63) is 78.1 Å². The first-order valence-electron chi connectivity index (χ1n) is 9.19. The Morgan fingerprint density at radius 2 is 1.86 bits per heavy atom. The van der Waals surface area contributed by atoms with Gasteiger partial charge in [0.15, 0.2) is 5.65 Å². The van der Waals surface area contributed by atoms with E-state index in [1.807, 2.05) is 18.2 Å². The average molecular weight is 414 g/mol. The van der Waals surface area contributed by atoms with Crippen molar-refractivity contribution in [2.45, 2.75) is 18.9 Å². The zero-order valence-electron chi connectivity index (χ0n) is 15.4. The van der Waals surface area contributed by atoms with Crippen molar-refractivity contribution in [3.63, 3.8) is 0 Å². The Morgan fingerprint density at radius 1 is 1.00 bits per heavy atom. The largest absolute Gasteiger partial charge is 0.348 e. The molecule has 0 aliphatic carbocycles. The predicted molar refractivity (Wildman–Crippen MR) is 109 cm³/mol. The molecule has 5 rings (SSSR count). The summed E-state index contributed by atoms with van der Waals surface area (Å²) in [6.45, 7) is 0.835. The van der Waals surface area contributed by atoms with Crippen LogP contribution in [0.4, 0.5) is 14.6 Å². The SMILES string of the molecule is Cl.Fc1cccc(C2CCCN2c2ccc3ncc(-c4cccc(F)n4)n3n2)c1. The molecule has 8 heteroatoms. The quantitative estimate of drug-likeness (QED) is 0.451. The highest BCUT2D eigenvalue weighted by Crippen LogP contribution is 2.35. The zero-order chi connectivity index (χ0) is 19.1. The van der Waals surface area contributed by atoms with Gasteiger partial charge in [-0.25, -0.2) is 18.9 Å². The zero-order valence-corrected chi connectivity index (χ0v) is 16.2. The van der Waals surface area contributed by atoms with Gasteiger partial charge in [-0.05, 0) is 54.8 Å². The van der Waals surface area contributed by atoms with Gasteiger partial charge in [-0.1, -0.05) is 18.2 Å². The molecule has 1 aromatic carbocycles. The third-order valence-corrected chi connectivity index (χ3v) is 5.11. The maximum Gasteiger partial charge on any atom is 0.213 e. The molecule has 0 spiro atoms. The molecule has 3 aromatic heterocycles. The van der Waals surface area contributed by atoms with Crippen LogP contribution in [-0.2, 0) is 0 Å². The molecule has 5 nitrogen and oxygen atoms in total. The highest BCUT2D eigenvalue weighted by atomic mass is 35.5. The van der Waals surface area contributed by atoms with Crippen molar-refractivity contribution in [1.82, 2.24) is 19.6 Å². The Morgan fingerprint density at radius 3 is 2.69 bits per heavy atom. The second-order valence-electron chi connectivity index (χ2n) is 6.86. The standard InChI is InChI=1S/C21H17F2N5.ClH/c22-15-5-1-4-14(12-15)17-7-3-11-27(17)21-10-9-20-24-13-18(28(20)26-21)16-6-2-8-19(23)25-16;/h1-2,4-6,8-10,12-13,17H,3,7,11H2;1H.